The van der Waals surface area contributed by atoms with E-state index in [1.807, 2.05) is 18.2 Å². The second-order valence-electron chi connectivity index (χ2n) is 5.98. The number of methoxy groups -OCH3 is 3. The Kier molecular flexibility index (Phi) is 5.52. The van der Waals surface area contributed by atoms with Crippen LogP contribution in [0.15, 0.2) is 42.5 Å². The Morgan fingerprint density at radius 1 is 1.04 bits per heavy atom. The molecule has 2 aromatic carbocycles. The van der Waals surface area contributed by atoms with Gasteiger partial charge >= 0.3 is 0 Å². The molecule has 0 bridgehead atoms. The van der Waals surface area contributed by atoms with E-state index < -0.39 is 6.10 Å². The first-order valence-electron chi connectivity index (χ1n) is 8.40. The number of fused-ring (bicyclic) bond motifs is 1. The van der Waals surface area contributed by atoms with Gasteiger partial charge in [-0.25, -0.2) is 0 Å². The van der Waals surface area contributed by atoms with Crippen molar-refractivity contribution in [2.24, 2.45) is 0 Å². The second-order valence-corrected chi connectivity index (χ2v) is 5.98. The Morgan fingerprint density at radius 3 is 2.52 bits per heavy atom. The van der Waals surface area contributed by atoms with Gasteiger partial charge in [0.25, 0.3) is 5.91 Å². The minimum absolute atomic E-state index is 0.0625. The molecule has 7 nitrogen and oxygen atoms in total. The molecule has 142 valence electrons. The van der Waals surface area contributed by atoms with Crippen molar-refractivity contribution < 1.29 is 24.1 Å². The lowest BCUT2D eigenvalue weighted by Gasteiger charge is -2.14. The van der Waals surface area contributed by atoms with Crippen LogP contribution in [0.25, 0.3) is 10.9 Å². The van der Waals surface area contributed by atoms with Crippen LogP contribution in [0.3, 0.4) is 0 Å². The first-order chi connectivity index (χ1) is 13.0. The Bertz CT molecular complexity index is 951. The third-order valence-corrected chi connectivity index (χ3v) is 4.32. The number of benzene rings is 2. The first-order valence-corrected chi connectivity index (χ1v) is 8.40. The van der Waals surface area contributed by atoms with Crippen LogP contribution in [-0.2, 0) is 0 Å². The number of amides is 1. The summed E-state index contributed by atoms with van der Waals surface area (Å²) in [7, 11) is 4.66. The molecule has 0 saturated heterocycles. The molecule has 0 unspecified atom stereocenters. The van der Waals surface area contributed by atoms with Crippen LogP contribution in [0.4, 0.5) is 0 Å². The van der Waals surface area contributed by atoms with Gasteiger partial charge in [-0.3, -0.25) is 4.79 Å². The molecule has 0 saturated carbocycles. The molecule has 0 aliphatic carbocycles. The third kappa shape index (κ3) is 3.98. The normalized spacial score (nSPS) is 11.9. The van der Waals surface area contributed by atoms with Gasteiger partial charge in [-0.1, -0.05) is 6.07 Å². The molecule has 0 spiro atoms. The lowest BCUT2D eigenvalue weighted by Crippen LogP contribution is -2.28. The maximum Gasteiger partial charge on any atom is 0.267 e. The molecule has 3 aromatic rings. The smallest absolute Gasteiger partial charge is 0.267 e. The molecule has 1 heterocycles. The van der Waals surface area contributed by atoms with Crippen LogP contribution >= 0.6 is 0 Å². The van der Waals surface area contributed by atoms with E-state index in [9.17, 15) is 9.90 Å². The van der Waals surface area contributed by atoms with Gasteiger partial charge in [-0.2, -0.15) is 0 Å². The number of aliphatic hydroxyl groups excluding tert-OH is 1. The van der Waals surface area contributed by atoms with Crippen molar-refractivity contribution in [3.63, 3.8) is 0 Å². The Balaban J connectivity index is 1.68. The summed E-state index contributed by atoms with van der Waals surface area (Å²) >= 11 is 0. The topological polar surface area (TPSA) is 92.8 Å². The number of hydrogen-bond donors (Lipinski definition) is 3. The van der Waals surface area contributed by atoms with Crippen LogP contribution < -0.4 is 19.5 Å². The molecule has 0 fully saturated rings. The van der Waals surface area contributed by atoms with Crippen molar-refractivity contribution in [1.82, 2.24) is 10.3 Å². The number of carbonyl (C=O) groups is 1. The lowest BCUT2D eigenvalue weighted by atomic mass is 10.1. The molecule has 1 atom stereocenters. The number of hydrogen-bond acceptors (Lipinski definition) is 5. The number of rotatable bonds is 7. The fourth-order valence-corrected chi connectivity index (χ4v) is 2.82. The summed E-state index contributed by atoms with van der Waals surface area (Å²) in [5, 5.41) is 14.0. The van der Waals surface area contributed by atoms with Gasteiger partial charge in [0.15, 0.2) is 11.5 Å². The molecule has 0 aliphatic rings. The Hall–Kier alpha value is -3.19. The standard InChI is InChI=1S/C20H22N2O5/c1-25-14-6-4-12-8-16(22-15(12)10-14)20(24)21-11-17(23)13-5-7-18(26-2)19(9-13)27-3/h4-10,17,22-23H,11H2,1-3H3,(H,21,24)/t17-/m1/s1. The zero-order chi connectivity index (χ0) is 19.4. The van der Waals surface area contributed by atoms with Crippen LogP contribution in [0.5, 0.6) is 17.2 Å². The van der Waals surface area contributed by atoms with Crippen molar-refractivity contribution in [2.75, 3.05) is 27.9 Å². The highest BCUT2D eigenvalue weighted by molar-refractivity contribution is 5.98. The van der Waals surface area contributed by atoms with Crippen molar-refractivity contribution >= 4 is 16.8 Å². The summed E-state index contributed by atoms with van der Waals surface area (Å²) in [6.07, 6.45) is -0.877. The van der Waals surface area contributed by atoms with Gasteiger partial charge < -0.3 is 29.6 Å². The van der Waals surface area contributed by atoms with E-state index in [0.717, 1.165) is 10.9 Å². The average Bonchev–Trinajstić information content (AvgIpc) is 3.14. The number of ether oxygens (including phenoxy) is 3. The molecule has 7 heteroatoms. The van der Waals surface area contributed by atoms with E-state index in [0.29, 0.717) is 28.5 Å². The largest absolute Gasteiger partial charge is 0.497 e. The van der Waals surface area contributed by atoms with Crippen molar-refractivity contribution in [3.8, 4) is 17.2 Å². The fourth-order valence-electron chi connectivity index (χ4n) is 2.82. The predicted molar refractivity (Wildman–Crippen MR) is 102 cm³/mol. The highest BCUT2D eigenvalue weighted by Gasteiger charge is 2.15. The number of H-pyrrole nitrogens is 1. The van der Waals surface area contributed by atoms with Gasteiger partial charge in [0.1, 0.15) is 11.4 Å². The number of aromatic nitrogens is 1. The SMILES string of the molecule is COc1ccc2cc(C(=O)NC[C@@H](O)c3ccc(OC)c(OC)c3)[nH]c2c1. The molecule has 0 aliphatic heterocycles. The highest BCUT2D eigenvalue weighted by atomic mass is 16.5. The van der Waals surface area contributed by atoms with Gasteiger partial charge in [-0.05, 0) is 35.9 Å². The van der Waals surface area contributed by atoms with Crippen LogP contribution in [-0.4, -0.2) is 43.9 Å². The molecule has 0 radical (unpaired) electrons. The van der Waals surface area contributed by atoms with E-state index in [1.54, 1.807) is 38.5 Å². The van der Waals surface area contributed by atoms with Crippen molar-refractivity contribution in [2.45, 2.75) is 6.10 Å². The van der Waals surface area contributed by atoms with E-state index in [-0.39, 0.29) is 12.5 Å². The minimum atomic E-state index is -0.877. The van der Waals surface area contributed by atoms with Gasteiger partial charge in [0, 0.05) is 23.5 Å². The van der Waals surface area contributed by atoms with Gasteiger partial charge in [0.2, 0.25) is 0 Å². The predicted octanol–water partition coefficient (Wildman–Crippen LogP) is 2.66. The number of carbonyl (C=O) groups excluding carboxylic acids is 1. The second kappa shape index (κ2) is 8.01. The van der Waals surface area contributed by atoms with E-state index in [2.05, 4.69) is 10.3 Å². The zero-order valence-electron chi connectivity index (χ0n) is 15.4. The maximum atomic E-state index is 12.4. The number of aliphatic hydroxyl groups is 1. The highest BCUT2D eigenvalue weighted by Crippen LogP contribution is 2.29. The van der Waals surface area contributed by atoms with Crippen LogP contribution in [0, 0.1) is 0 Å². The Labute approximate surface area is 156 Å². The average molecular weight is 370 g/mol. The lowest BCUT2D eigenvalue weighted by molar-refractivity contribution is 0.0912. The summed E-state index contributed by atoms with van der Waals surface area (Å²) in [5.74, 6) is 1.50. The molecule has 1 aromatic heterocycles. The zero-order valence-corrected chi connectivity index (χ0v) is 15.4. The molecular formula is C20H22N2O5. The molecule has 3 N–H and O–H groups in total. The van der Waals surface area contributed by atoms with E-state index in [4.69, 9.17) is 14.2 Å². The third-order valence-electron chi connectivity index (χ3n) is 4.32. The summed E-state index contributed by atoms with van der Waals surface area (Å²) in [6, 6.07) is 12.4. The van der Waals surface area contributed by atoms with E-state index in [1.165, 1.54) is 7.11 Å². The number of aromatic amines is 1. The van der Waals surface area contributed by atoms with Crippen molar-refractivity contribution in [1.29, 1.82) is 0 Å². The van der Waals surface area contributed by atoms with Crippen LogP contribution in [0.1, 0.15) is 22.2 Å². The summed E-state index contributed by atoms with van der Waals surface area (Å²) in [4.78, 5) is 15.5. The van der Waals surface area contributed by atoms with E-state index >= 15 is 0 Å². The fraction of sp³-hybridized carbons (Fsp3) is 0.250. The monoisotopic (exact) mass is 370 g/mol. The summed E-state index contributed by atoms with van der Waals surface area (Å²) in [6.45, 7) is 0.0625. The summed E-state index contributed by atoms with van der Waals surface area (Å²) in [5.41, 5.74) is 1.84. The minimum Gasteiger partial charge on any atom is -0.497 e. The quantitative estimate of drug-likeness (QED) is 0.595. The number of nitrogens with one attached hydrogen (secondary N) is 2. The summed E-state index contributed by atoms with van der Waals surface area (Å²) < 4.78 is 15.6. The van der Waals surface area contributed by atoms with Crippen molar-refractivity contribution in [3.05, 3.63) is 53.7 Å². The first kappa shape index (κ1) is 18.6. The Morgan fingerprint density at radius 2 is 1.81 bits per heavy atom. The molecule has 27 heavy (non-hydrogen) atoms. The van der Waals surface area contributed by atoms with Gasteiger partial charge in [-0.15, -0.1) is 0 Å². The molecule has 1 amide bonds. The molecule has 3 rings (SSSR count). The maximum absolute atomic E-state index is 12.4. The molecular weight excluding hydrogens is 348 g/mol. The van der Waals surface area contributed by atoms with Crippen LogP contribution in [0.2, 0.25) is 0 Å². The van der Waals surface area contributed by atoms with Gasteiger partial charge in [0.05, 0.1) is 27.4 Å².